The largest absolute Gasteiger partial charge is 0.372 e. The molecular weight excluding hydrogens is 308 g/mol. The maximum Gasteiger partial charge on any atom is 0.252 e. The van der Waals surface area contributed by atoms with Gasteiger partial charge in [-0.3, -0.25) is 14.3 Å². The van der Waals surface area contributed by atoms with Gasteiger partial charge >= 0.3 is 0 Å². The highest BCUT2D eigenvalue weighted by Gasteiger charge is 2.27. The Bertz CT molecular complexity index is 546. The number of hydrogen-bond donors (Lipinski definition) is 1. The maximum atomic E-state index is 12.2. The minimum Gasteiger partial charge on any atom is -0.372 e. The number of likely N-dealkylation sites (tertiary alicyclic amines) is 1. The molecule has 1 aliphatic rings. The van der Waals surface area contributed by atoms with Crippen LogP contribution in [0.1, 0.15) is 25.0 Å². The second kappa shape index (κ2) is 7.60. The van der Waals surface area contributed by atoms with Crippen molar-refractivity contribution in [2.75, 3.05) is 20.2 Å². The molecule has 1 saturated heterocycles. The van der Waals surface area contributed by atoms with Gasteiger partial charge < -0.3 is 15.0 Å². The highest BCUT2D eigenvalue weighted by atomic mass is 35.5. The molecule has 122 valence electrons. The molecule has 0 radical (unpaired) electrons. The first kappa shape index (κ1) is 16.8. The fourth-order valence-corrected chi connectivity index (χ4v) is 2.73. The first-order valence-corrected chi connectivity index (χ1v) is 7.65. The van der Waals surface area contributed by atoms with Crippen LogP contribution in [-0.4, -0.2) is 52.8 Å². The van der Waals surface area contributed by atoms with Gasteiger partial charge in [-0.25, -0.2) is 0 Å². The molecule has 1 fully saturated rings. The fourth-order valence-electron chi connectivity index (χ4n) is 2.48. The highest BCUT2D eigenvalue weighted by molar-refractivity contribution is 6.31. The fraction of sp³-hybridized carbons (Fsp3) is 0.643. The molecular formula is C14H21ClN4O3. The Morgan fingerprint density at radius 3 is 2.95 bits per heavy atom. The molecule has 2 rings (SSSR count). The van der Waals surface area contributed by atoms with E-state index in [1.54, 1.807) is 22.8 Å². The number of carbonyl (C=O) groups excluding carboxylic acids is 2. The number of aromatic nitrogens is 2. The molecule has 0 aromatic carbocycles. The summed E-state index contributed by atoms with van der Waals surface area (Å²) in [5.41, 5.74) is 0.606. The number of ether oxygens (including phenoxy) is 1. The number of nitrogens with one attached hydrogen (secondary N) is 1. The Morgan fingerprint density at radius 2 is 2.32 bits per heavy atom. The monoisotopic (exact) mass is 328 g/mol. The number of carbonyl (C=O) groups is 2. The van der Waals surface area contributed by atoms with Crippen molar-refractivity contribution in [3.63, 3.8) is 0 Å². The smallest absolute Gasteiger partial charge is 0.252 e. The summed E-state index contributed by atoms with van der Waals surface area (Å²) in [6.45, 7) is 0.855. The number of amides is 2. The van der Waals surface area contributed by atoms with Crippen LogP contribution in [0.4, 0.5) is 0 Å². The van der Waals surface area contributed by atoms with E-state index in [9.17, 15) is 9.59 Å². The summed E-state index contributed by atoms with van der Waals surface area (Å²) < 4.78 is 6.78. The SMILES string of the molecule is COC1CCCCN(CC(=O)NCc2nn(C)cc2Cl)C1=O. The summed E-state index contributed by atoms with van der Waals surface area (Å²) in [7, 11) is 3.28. The predicted octanol–water partition coefficient (Wildman–Crippen LogP) is 0.717. The quantitative estimate of drug-likeness (QED) is 0.864. The lowest BCUT2D eigenvalue weighted by molar-refractivity contribution is -0.144. The summed E-state index contributed by atoms with van der Waals surface area (Å²) in [5.74, 6) is -0.349. The molecule has 22 heavy (non-hydrogen) atoms. The highest BCUT2D eigenvalue weighted by Crippen LogP contribution is 2.15. The third kappa shape index (κ3) is 4.20. The average Bonchev–Trinajstić information content (AvgIpc) is 2.70. The minimum absolute atomic E-state index is 0.0309. The van der Waals surface area contributed by atoms with Gasteiger partial charge in [0.2, 0.25) is 5.91 Å². The lowest BCUT2D eigenvalue weighted by atomic mass is 10.2. The van der Waals surface area contributed by atoms with Crippen LogP contribution in [0, 0.1) is 0 Å². The summed E-state index contributed by atoms with van der Waals surface area (Å²) in [6, 6.07) is 0. The zero-order valence-corrected chi connectivity index (χ0v) is 13.6. The third-order valence-electron chi connectivity index (χ3n) is 3.66. The Labute approximate surface area is 134 Å². The Hall–Kier alpha value is -1.60. The van der Waals surface area contributed by atoms with Gasteiger partial charge in [-0.1, -0.05) is 11.6 Å². The topological polar surface area (TPSA) is 76.5 Å². The van der Waals surface area contributed by atoms with Crippen LogP contribution >= 0.6 is 11.6 Å². The van der Waals surface area contributed by atoms with Crippen molar-refractivity contribution in [3.05, 3.63) is 16.9 Å². The Balaban J connectivity index is 1.87. The zero-order valence-electron chi connectivity index (χ0n) is 12.8. The number of methoxy groups -OCH3 is 1. The number of hydrogen-bond acceptors (Lipinski definition) is 4. The Kier molecular flexibility index (Phi) is 5.79. The summed E-state index contributed by atoms with van der Waals surface area (Å²) in [4.78, 5) is 25.8. The second-order valence-corrected chi connectivity index (χ2v) is 5.76. The standard InChI is InChI=1S/C14H21ClN4O3/c1-18-8-10(15)11(17-18)7-16-13(20)9-19-6-4-3-5-12(22-2)14(19)21/h8,12H,3-7,9H2,1-2H3,(H,16,20). The predicted molar refractivity (Wildman–Crippen MR) is 81.3 cm³/mol. The summed E-state index contributed by atoms with van der Waals surface area (Å²) >= 11 is 5.99. The molecule has 0 saturated carbocycles. The van der Waals surface area contributed by atoms with Crippen molar-refractivity contribution in [2.45, 2.75) is 31.9 Å². The summed E-state index contributed by atoms with van der Waals surface area (Å²) in [6.07, 6.45) is 3.74. The molecule has 0 aliphatic carbocycles. The van der Waals surface area contributed by atoms with Crippen molar-refractivity contribution in [1.82, 2.24) is 20.0 Å². The van der Waals surface area contributed by atoms with E-state index in [1.807, 2.05) is 0 Å². The molecule has 1 N–H and O–H groups in total. The number of rotatable bonds is 5. The van der Waals surface area contributed by atoms with Crippen LogP contribution in [0.3, 0.4) is 0 Å². The zero-order chi connectivity index (χ0) is 16.1. The van der Waals surface area contributed by atoms with E-state index in [0.717, 1.165) is 12.8 Å². The lowest BCUT2D eigenvalue weighted by Crippen LogP contribution is -2.44. The molecule has 7 nitrogen and oxygen atoms in total. The number of halogens is 1. The van der Waals surface area contributed by atoms with Crippen LogP contribution in [0.15, 0.2) is 6.20 Å². The van der Waals surface area contributed by atoms with E-state index in [2.05, 4.69) is 10.4 Å². The molecule has 1 unspecified atom stereocenters. The van der Waals surface area contributed by atoms with Crippen LogP contribution in [-0.2, 0) is 27.9 Å². The first-order chi connectivity index (χ1) is 10.5. The lowest BCUT2D eigenvalue weighted by Gasteiger charge is -2.22. The molecule has 1 aromatic heterocycles. The van der Waals surface area contributed by atoms with Crippen LogP contribution in [0.2, 0.25) is 5.02 Å². The van der Waals surface area contributed by atoms with Gasteiger partial charge in [0.1, 0.15) is 11.8 Å². The molecule has 1 atom stereocenters. The maximum absolute atomic E-state index is 12.2. The average molecular weight is 329 g/mol. The van der Waals surface area contributed by atoms with Crippen molar-refractivity contribution in [1.29, 1.82) is 0 Å². The molecule has 2 heterocycles. The molecule has 2 amide bonds. The van der Waals surface area contributed by atoms with E-state index in [1.165, 1.54) is 7.11 Å². The van der Waals surface area contributed by atoms with Gasteiger partial charge in [-0.05, 0) is 19.3 Å². The normalized spacial score (nSPS) is 19.1. The molecule has 8 heteroatoms. The number of nitrogens with zero attached hydrogens (tertiary/aromatic N) is 3. The van der Waals surface area contributed by atoms with E-state index < -0.39 is 6.10 Å². The second-order valence-electron chi connectivity index (χ2n) is 5.35. The third-order valence-corrected chi connectivity index (χ3v) is 3.97. The van der Waals surface area contributed by atoms with E-state index >= 15 is 0 Å². The van der Waals surface area contributed by atoms with Gasteiger partial charge in [0.25, 0.3) is 5.91 Å². The van der Waals surface area contributed by atoms with Crippen molar-refractivity contribution >= 4 is 23.4 Å². The van der Waals surface area contributed by atoms with Crippen LogP contribution in [0.5, 0.6) is 0 Å². The van der Waals surface area contributed by atoms with E-state index in [4.69, 9.17) is 16.3 Å². The summed E-state index contributed by atoms with van der Waals surface area (Å²) in [5, 5.41) is 7.40. The van der Waals surface area contributed by atoms with E-state index in [0.29, 0.717) is 23.7 Å². The van der Waals surface area contributed by atoms with E-state index in [-0.39, 0.29) is 24.9 Å². The first-order valence-electron chi connectivity index (χ1n) is 7.27. The molecule has 1 aliphatic heterocycles. The van der Waals surface area contributed by atoms with Crippen LogP contribution in [0.25, 0.3) is 0 Å². The van der Waals surface area contributed by atoms with Gasteiger partial charge in [-0.2, -0.15) is 5.10 Å². The van der Waals surface area contributed by atoms with Crippen molar-refractivity contribution < 1.29 is 14.3 Å². The van der Waals surface area contributed by atoms with Gasteiger partial charge in [0.05, 0.1) is 18.1 Å². The van der Waals surface area contributed by atoms with Gasteiger partial charge in [0.15, 0.2) is 0 Å². The van der Waals surface area contributed by atoms with Gasteiger partial charge in [0, 0.05) is 26.9 Å². The Morgan fingerprint density at radius 1 is 1.55 bits per heavy atom. The molecule has 1 aromatic rings. The molecule has 0 spiro atoms. The number of aryl methyl sites for hydroxylation is 1. The minimum atomic E-state index is -0.444. The van der Waals surface area contributed by atoms with Crippen molar-refractivity contribution in [3.8, 4) is 0 Å². The molecule has 0 bridgehead atoms. The van der Waals surface area contributed by atoms with Crippen molar-refractivity contribution in [2.24, 2.45) is 7.05 Å². The van der Waals surface area contributed by atoms with Crippen LogP contribution < -0.4 is 5.32 Å². The van der Waals surface area contributed by atoms with Gasteiger partial charge in [-0.15, -0.1) is 0 Å².